The van der Waals surface area contributed by atoms with E-state index in [4.69, 9.17) is 15.3 Å². The van der Waals surface area contributed by atoms with Crippen LogP contribution in [0.15, 0.2) is 0 Å². The second-order valence-corrected chi connectivity index (χ2v) is 8.74. The molecule has 0 spiro atoms. The van der Waals surface area contributed by atoms with Crippen LogP contribution >= 0.6 is 7.37 Å². The van der Waals surface area contributed by atoms with Crippen molar-refractivity contribution in [3.8, 4) is 0 Å². The molecule has 1 atom stereocenters. The van der Waals surface area contributed by atoms with Gasteiger partial charge < -0.3 is 20.2 Å². The van der Waals surface area contributed by atoms with Crippen LogP contribution in [0, 0.1) is 0 Å². The van der Waals surface area contributed by atoms with Crippen molar-refractivity contribution in [2.75, 3.05) is 64.8 Å². The van der Waals surface area contributed by atoms with Crippen LogP contribution < -0.4 is 0 Å². The fourth-order valence-corrected chi connectivity index (χ4v) is 4.27. The number of carboxylic acids is 3. The van der Waals surface area contributed by atoms with Gasteiger partial charge in [-0.15, -0.1) is 0 Å². The van der Waals surface area contributed by atoms with Crippen LogP contribution in [0.25, 0.3) is 0 Å². The van der Waals surface area contributed by atoms with E-state index in [0.29, 0.717) is 39.3 Å². The number of rotatable bonds is 9. The van der Waals surface area contributed by atoms with Gasteiger partial charge in [-0.2, -0.15) is 0 Å². The van der Waals surface area contributed by atoms with Crippen molar-refractivity contribution in [3.05, 3.63) is 0 Å². The van der Waals surface area contributed by atoms with Gasteiger partial charge in [-0.25, -0.2) is 0 Å². The Morgan fingerprint density at radius 3 is 1.46 bits per heavy atom. The normalized spacial score (nSPS) is 20.5. The summed E-state index contributed by atoms with van der Waals surface area (Å²) in [6.07, 6.45) is -0.948. The highest BCUT2D eigenvalue weighted by Crippen LogP contribution is 2.41. The molecular formula is C14H26N3O8P. The molecule has 0 amide bonds. The smallest absolute Gasteiger partial charge is 0.317 e. The molecule has 1 heterocycles. The third kappa shape index (κ3) is 9.83. The predicted molar refractivity (Wildman–Crippen MR) is 91.5 cm³/mol. The highest BCUT2D eigenvalue weighted by molar-refractivity contribution is 7.57. The molecule has 1 unspecified atom stereocenters. The molecule has 0 aromatic rings. The summed E-state index contributed by atoms with van der Waals surface area (Å²) in [5, 5.41) is 26.6. The monoisotopic (exact) mass is 395 g/mol. The number of nitrogens with zero attached hydrogens (tertiary/aromatic N) is 3. The summed E-state index contributed by atoms with van der Waals surface area (Å²) in [5.41, 5.74) is 0. The van der Waals surface area contributed by atoms with Gasteiger partial charge >= 0.3 is 17.9 Å². The van der Waals surface area contributed by atoms with Gasteiger partial charge in [0.25, 0.3) is 0 Å². The van der Waals surface area contributed by atoms with Crippen molar-refractivity contribution in [3.63, 3.8) is 0 Å². The van der Waals surface area contributed by atoms with Gasteiger partial charge in [-0.1, -0.05) is 0 Å². The van der Waals surface area contributed by atoms with E-state index in [-0.39, 0.29) is 25.5 Å². The molecule has 0 aromatic carbocycles. The average molecular weight is 395 g/mol. The fraction of sp³-hybridized carbons (Fsp3) is 0.786. The Bertz CT molecular complexity index is 530. The molecule has 0 bridgehead atoms. The molecule has 150 valence electrons. The van der Waals surface area contributed by atoms with Crippen LogP contribution in [0.5, 0.6) is 0 Å². The van der Waals surface area contributed by atoms with Gasteiger partial charge in [0.1, 0.15) is 0 Å². The van der Waals surface area contributed by atoms with E-state index in [1.807, 2.05) is 0 Å². The first kappa shape index (κ1) is 22.5. The number of carbonyl (C=O) groups is 3. The first-order valence-electron chi connectivity index (χ1n) is 8.20. The molecule has 0 aromatic heterocycles. The molecule has 4 N–H and O–H groups in total. The lowest BCUT2D eigenvalue weighted by molar-refractivity contribution is -0.140. The van der Waals surface area contributed by atoms with Gasteiger partial charge in [0.05, 0.1) is 25.8 Å². The first-order chi connectivity index (χ1) is 12.1. The summed E-state index contributed by atoms with van der Waals surface area (Å²) in [6.45, 7) is 1.73. The van der Waals surface area contributed by atoms with Crippen molar-refractivity contribution >= 4 is 25.3 Å². The molecule has 1 aliphatic heterocycles. The van der Waals surface area contributed by atoms with Crippen LogP contribution in [0.4, 0.5) is 0 Å². The SMILES string of the molecule is O=C(O)CCP(=O)(O)CN1CCN(CC(=O)O)CCN(CC(=O)O)CC1. The molecule has 26 heavy (non-hydrogen) atoms. The second kappa shape index (κ2) is 10.6. The summed E-state index contributed by atoms with van der Waals surface area (Å²) in [4.78, 5) is 47.5. The Hall–Kier alpha value is -1.52. The van der Waals surface area contributed by atoms with Gasteiger partial charge in [0, 0.05) is 45.4 Å². The topological polar surface area (TPSA) is 159 Å². The zero-order valence-corrected chi connectivity index (χ0v) is 15.4. The van der Waals surface area contributed by atoms with Crippen LogP contribution in [0.3, 0.4) is 0 Å². The maximum Gasteiger partial charge on any atom is 0.317 e. The molecule has 12 heteroatoms. The minimum Gasteiger partial charge on any atom is -0.481 e. The maximum atomic E-state index is 12.2. The average Bonchev–Trinajstić information content (AvgIpc) is 2.58. The standard InChI is InChI=1S/C14H26N3O8P/c18-12(19)1-8-26(24,25)11-17-6-4-15(9-13(20)21)2-3-16(5-7-17)10-14(22)23/h1-11H2,(H,18,19)(H,20,21)(H,22,23)(H,24,25). The van der Waals surface area contributed by atoms with Crippen molar-refractivity contribution in [1.29, 1.82) is 0 Å². The van der Waals surface area contributed by atoms with Crippen LogP contribution in [-0.2, 0) is 18.9 Å². The summed E-state index contributed by atoms with van der Waals surface area (Å²) in [7, 11) is -3.68. The minimum absolute atomic E-state index is 0.204. The Morgan fingerprint density at radius 2 is 1.12 bits per heavy atom. The van der Waals surface area contributed by atoms with E-state index < -0.39 is 31.7 Å². The van der Waals surface area contributed by atoms with Crippen molar-refractivity contribution in [2.24, 2.45) is 0 Å². The summed E-state index contributed by atoms with van der Waals surface area (Å²) >= 11 is 0. The lowest BCUT2D eigenvalue weighted by Gasteiger charge is -2.26. The Labute approximate surface area is 151 Å². The van der Waals surface area contributed by atoms with Crippen LogP contribution in [-0.4, -0.2) is 118 Å². The molecule has 1 rings (SSSR count). The summed E-state index contributed by atoms with van der Waals surface area (Å²) in [6, 6.07) is 0. The summed E-state index contributed by atoms with van der Waals surface area (Å²) in [5.74, 6) is -3.16. The molecule has 1 fully saturated rings. The summed E-state index contributed by atoms with van der Waals surface area (Å²) < 4.78 is 12.2. The van der Waals surface area contributed by atoms with E-state index >= 15 is 0 Å². The third-order valence-corrected chi connectivity index (χ3v) is 5.78. The van der Waals surface area contributed by atoms with Crippen molar-refractivity contribution < 1.29 is 39.2 Å². The zero-order valence-electron chi connectivity index (χ0n) is 14.5. The van der Waals surface area contributed by atoms with Gasteiger partial charge in [-0.3, -0.25) is 33.6 Å². The molecule has 0 radical (unpaired) electrons. The number of hydrogen-bond acceptors (Lipinski definition) is 7. The molecule has 11 nitrogen and oxygen atoms in total. The van der Waals surface area contributed by atoms with E-state index in [9.17, 15) is 23.8 Å². The van der Waals surface area contributed by atoms with Crippen molar-refractivity contribution in [2.45, 2.75) is 6.42 Å². The van der Waals surface area contributed by atoms with E-state index in [2.05, 4.69) is 0 Å². The predicted octanol–water partition coefficient (Wildman–Crippen LogP) is -1.22. The highest BCUT2D eigenvalue weighted by atomic mass is 31.2. The van der Waals surface area contributed by atoms with E-state index in [1.165, 1.54) is 0 Å². The van der Waals surface area contributed by atoms with E-state index in [0.717, 1.165) is 0 Å². The fourth-order valence-electron chi connectivity index (χ4n) is 2.68. The highest BCUT2D eigenvalue weighted by Gasteiger charge is 2.26. The molecule has 1 aliphatic rings. The third-order valence-electron chi connectivity index (χ3n) is 4.01. The Balaban J connectivity index is 2.76. The van der Waals surface area contributed by atoms with Gasteiger partial charge in [0.2, 0.25) is 7.37 Å². The van der Waals surface area contributed by atoms with Gasteiger partial charge in [0.15, 0.2) is 0 Å². The van der Waals surface area contributed by atoms with Crippen LogP contribution in [0.2, 0.25) is 0 Å². The molecule has 0 saturated carbocycles. The molecule has 0 aliphatic carbocycles. The Kier molecular flexibility index (Phi) is 9.17. The number of hydrogen-bond donors (Lipinski definition) is 4. The van der Waals surface area contributed by atoms with Crippen molar-refractivity contribution in [1.82, 2.24) is 14.7 Å². The first-order valence-corrected chi connectivity index (χ1v) is 10.2. The second-order valence-electron chi connectivity index (χ2n) is 6.31. The number of carboxylic acid groups (broad SMARTS) is 3. The van der Waals surface area contributed by atoms with Crippen LogP contribution in [0.1, 0.15) is 6.42 Å². The maximum absolute atomic E-state index is 12.2. The number of aliphatic carboxylic acids is 3. The quantitative estimate of drug-likeness (QED) is 0.347. The molecule has 1 saturated heterocycles. The zero-order chi connectivity index (χ0) is 19.7. The minimum atomic E-state index is -3.68. The van der Waals surface area contributed by atoms with Gasteiger partial charge in [-0.05, 0) is 0 Å². The molecular weight excluding hydrogens is 369 g/mol. The van der Waals surface area contributed by atoms with E-state index in [1.54, 1.807) is 14.7 Å². The Morgan fingerprint density at radius 1 is 0.731 bits per heavy atom. The lowest BCUT2D eigenvalue weighted by Crippen LogP contribution is -2.40. The lowest BCUT2D eigenvalue weighted by atomic mass is 10.4. The largest absolute Gasteiger partial charge is 0.481 e.